The molecule has 1 aromatic carbocycles. The summed E-state index contributed by atoms with van der Waals surface area (Å²) in [4.78, 5) is 23.2. The third kappa shape index (κ3) is 4.37. The highest BCUT2D eigenvalue weighted by atomic mass is 32.2. The van der Waals surface area contributed by atoms with Crippen LogP contribution in [0.4, 0.5) is 0 Å². The molecule has 0 radical (unpaired) electrons. The molecule has 136 valence electrons. The number of rotatable bonds is 6. The summed E-state index contributed by atoms with van der Waals surface area (Å²) in [6, 6.07) is 13.6. The molecule has 4 aromatic rings. The zero-order valence-corrected chi connectivity index (χ0v) is 16.4. The first kappa shape index (κ1) is 17.8. The van der Waals surface area contributed by atoms with Gasteiger partial charge in [0, 0.05) is 39.7 Å². The van der Waals surface area contributed by atoms with E-state index in [2.05, 4.69) is 15.3 Å². The van der Waals surface area contributed by atoms with E-state index in [1.165, 1.54) is 0 Å². The van der Waals surface area contributed by atoms with E-state index in [1.807, 2.05) is 66.2 Å². The fourth-order valence-corrected chi connectivity index (χ4v) is 4.19. The minimum Gasteiger partial charge on any atom is -0.347 e. The molecule has 0 aliphatic carbocycles. The second-order valence-electron chi connectivity index (χ2n) is 6.04. The Kier molecular flexibility index (Phi) is 5.22. The van der Waals surface area contributed by atoms with E-state index in [4.69, 9.17) is 0 Å². The first-order valence-corrected chi connectivity index (χ1v) is 10.3. The van der Waals surface area contributed by atoms with Gasteiger partial charge in [0.05, 0.1) is 17.2 Å². The van der Waals surface area contributed by atoms with Crippen LogP contribution in [0, 0.1) is 6.92 Å². The number of aromatic nitrogens is 3. The molecule has 0 atom stereocenters. The molecule has 0 saturated heterocycles. The summed E-state index contributed by atoms with van der Waals surface area (Å²) in [5.74, 6) is 0.718. The molecule has 0 aliphatic heterocycles. The molecule has 0 unspecified atom stereocenters. The summed E-state index contributed by atoms with van der Waals surface area (Å²) in [6.07, 6.45) is 5.85. The van der Waals surface area contributed by atoms with E-state index >= 15 is 0 Å². The first-order chi connectivity index (χ1) is 13.2. The van der Waals surface area contributed by atoms with Gasteiger partial charge in [-0.2, -0.15) is 0 Å². The van der Waals surface area contributed by atoms with Crippen LogP contribution in [0.5, 0.6) is 0 Å². The molecule has 0 saturated carbocycles. The number of fused-ring (bicyclic) bond motifs is 1. The van der Waals surface area contributed by atoms with E-state index in [0.29, 0.717) is 12.1 Å². The maximum absolute atomic E-state index is 12.3. The molecule has 0 bridgehead atoms. The molecule has 27 heavy (non-hydrogen) atoms. The van der Waals surface area contributed by atoms with E-state index < -0.39 is 0 Å². The Balaban J connectivity index is 1.33. The van der Waals surface area contributed by atoms with Gasteiger partial charge < -0.3 is 9.72 Å². The standard InChI is InChI=1S/C20H18N4OS2/c1-14-21-10-18(27-14)11-22-20(25)15-5-7-17(8-6-15)26-13-16-12-24-9-3-2-4-19(24)23-16/h2-10,12H,11,13H2,1H3,(H,22,25). The van der Waals surface area contributed by atoms with Gasteiger partial charge in [0.1, 0.15) is 5.65 Å². The van der Waals surface area contributed by atoms with Gasteiger partial charge in [0.25, 0.3) is 5.91 Å². The Morgan fingerprint density at radius 2 is 2.07 bits per heavy atom. The molecule has 0 spiro atoms. The van der Waals surface area contributed by atoms with Gasteiger partial charge in [-0.15, -0.1) is 23.1 Å². The molecule has 0 aliphatic rings. The Labute approximate surface area is 165 Å². The Bertz CT molecular complexity index is 1040. The van der Waals surface area contributed by atoms with Crippen LogP contribution in [0.1, 0.15) is 25.9 Å². The van der Waals surface area contributed by atoms with E-state index in [-0.39, 0.29) is 5.91 Å². The largest absolute Gasteiger partial charge is 0.347 e. The number of carbonyl (C=O) groups is 1. The van der Waals surface area contributed by atoms with Crippen molar-refractivity contribution in [2.24, 2.45) is 0 Å². The summed E-state index contributed by atoms with van der Waals surface area (Å²) in [7, 11) is 0. The van der Waals surface area contributed by atoms with Crippen molar-refractivity contribution < 1.29 is 4.79 Å². The summed E-state index contributed by atoms with van der Waals surface area (Å²) in [6.45, 7) is 2.47. The van der Waals surface area contributed by atoms with Crippen LogP contribution >= 0.6 is 23.1 Å². The lowest BCUT2D eigenvalue weighted by atomic mass is 10.2. The van der Waals surface area contributed by atoms with Gasteiger partial charge in [-0.05, 0) is 43.3 Å². The van der Waals surface area contributed by atoms with Crippen molar-refractivity contribution in [1.82, 2.24) is 19.7 Å². The number of amides is 1. The molecule has 5 nitrogen and oxygen atoms in total. The Morgan fingerprint density at radius 3 is 2.81 bits per heavy atom. The van der Waals surface area contributed by atoms with E-state index in [0.717, 1.165) is 31.9 Å². The van der Waals surface area contributed by atoms with Crippen LogP contribution in [0.3, 0.4) is 0 Å². The molecule has 1 amide bonds. The maximum Gasteiger partial charge on any atom is 0.251 e. The third-order valence-electron chi connectivity index (χ3n) is 4.01. The third-order valence-corrected chi connectivity index (χ3v) is 5.97. The topological polar surface area (TPSA) is 59.3 Å². The molecular formula is C20H18N4OS2. The highest BCUT2D eigenvalue weighted by Gasteiger charge is 2.07. The van der Waals surface area contributed by atoms with Crippen molar-refractivity contribution in [1.29, 1.82) is 0 Å². The first-order valence-electron chi connectivity index (χ1n) is 8.52. The lowest BCUT2D eigenvalue weighted by Crippen LogP contribution is -2.22. The minimum atomic E-state index is -0.0713. The smallest absolute Gasteiger partial charge is 0.251 e. The summed E-state index contributed by atoms with van der Waals surface area (Å²) in [5, 5.41) is 3.94. The maximum atomic E-state index is 12.3. The molecule has 3 aromatic heterocycles. The number of pyridine rings is 1. The average Bonchev–Trinajstić information content (AvgIpc) is 3.30. The lowest BCUT2D eigenvalue weighted by molar-refractivity contribution is 0.0951. The van der Waals surface area contributed by atoms with Crippen molar-refractivity contribution in [2.45, 2.75) is 24.1 Å². The quantitative estimate of drug-likeness (QED) is 0.495. The number of benzene rings is 1. The van der Waals surface area contributed by atoms with Crippen LogP contribution < -0.4 is 5.32 Å². The van der Waals surface area contributed by atoms with Gasteiger partial charge >= 0.3 is 0 Å². The Hall–Kier alpha value is -2.64. The number of thiazole rings is 1. The number of aryl methyl sites for hydroxylation is 1. The SMILES string of the molecule is Cc1ncc(CNC(=O)c2ccc(SCc3cn4ccccc4n3)cc2)s1. The number of thioether (sulfide) groups is 1. The predicted octanol–water partition coefficient (Wildman–Crippen LogP) is 4.32. The van der Waals surface area contributed by atoms with Crippen molar-refractivity contribution >= 4 is 34.7 Å². The summed E-state index contributed by atoms with van der Waals surface area (Å²) >= 11 is 3.30. The zero-order chi connectivity index (χ0) is 18.6. The van der Waals surface area contributed by atoms with Crippen LogP contribution in [0.15, 0.2) is 66.0 Å². The molecule has 1 N–H and O–H groups in total. The van der Waals surface area contributed by atoms with E-state index in [1.54, 1.807) is 29.3 Å². The molecular weight excluding hydrogens is 376 g/mol. The molecule has 4 rings (SSSR count). The van der Waals surface area contributed by atoms with Crippen LogP contribution in [0.25, 0.3) is 5.65 Å². The van der Waals surface area contributed by atoms with Crippen LogP contribution in [-0.2, 0) is 12.3 Å². The van der Waals surface area contributed by atoms with Gasteiger partial charge in [-0.1, -0.05) is 6.07 Å². The number of carbonyl (C=O) groups excluding carboxylic acids is 1. The molecule has 3 heterocycles. The van der Waals surface area contributed by atoms with Gasteiger partial charge in [-0.25, -0.2) is 9.97 Å². The normalized spacial score (nSPS) is 11.0. The number of nitrogens with one attached hydrogen (secondary N) is 1. The van der Waals surface area contributed by atoms with Crippen molar-refractivity contribution in [3.05, 3.63) is 82.2 Å². The summed E-state index contributed by atoms with van der Waals surface area (Å²) in [5.41, 5.74) is 2.65. The Morgan fingerprint density at radius 1 is 1.22 bits per heavy atom. The van der Waals surface area contributed by atoms with Crippen LogP contribution in [0.2, 0.25) is 0 Å². The van der Waals surface area contributed by atoms with Crippen molar-refractivity contribution in [3.63, 3.8) is 0 Å². The number of hydrogen-bond acceptors (Lipinski definition) is 5. The number of imidazole rings is 1. The van der Waals surface area contributed by atoms with E-state index in [9.17, 15) is 4.79 Å². The monoisotopic (exact) mass is 394 g/mol. The molecule has 0 fully saturated rings. The second-order valence-corrected chi connectivity index (χ2v) is 8.41. The van der Waals surface area contributed by atoms with Crippen molar-refractivity contribution in [2.75, 3.05) is 0 Å². The van der Waals surface area contributed by atoms with Crippen LogP contribution in [-0.4, -0.2) is 20.3 Å². The fourth-order valence-electron chi connectivity index (χ4n) is 2.67. The lowest BCUT2D eigenvalue weighted by Gasteiger charge is -2.05. The highest BCUT2D eigenvalue weighted by molar-refractivity contribution is 7.98. The fraction of sp³-hybridized carbons (Fsp3) is 0.150. The number of hydrogen-bond donors (Lipinski definition) is 1. The van der Waals surface area contributed by atoms with Crippen molar-refractivity contribution in [3.8, 4) is 0 Å². The average molecular weight is 395 g/mol. The summed E-state index contributed by atoms with van der Waals surface area (Å²) < 4.78 is 2.02. The zero-order valence-electron chi connectivity index (χ0n) is 14.8. The number of nitrogens with zero attached hydrogens (tertiary/aromatic N) is 3. The van der Waals surface area contributed by atoms with Gasteiger partial charge in [0.15, 0.2) is 0 Å². The van der Waals surface area contributed by atoms with Gasteiger partial charge in [0.2, 0.25) is 0 Å². The predicted molar refractivity (Wildman–Crippen MR) is 109 cm³/mol. The second kappa shape index (κ2) is 7.94. The van der Waals surface area contributed by atoms with Gasteiger partial charge in [-0.3, -0.25) is 4.79 Å². The minimum absolute atomic E-state index is 0.0713. The molecule has 7 heteroatoms. The highest BCUT2D eigenvalue weighted by Crippen LogP contribution is 2.23.